The molecule has 406 valence electrons. The van der Waals surface area contributed by atoms with E-state index in [-0.39, 0.29) is 6.61 Å². The van der Waals surface area contributed by atoms with E-state index in [0.717, 1.165) is 38.5 Å². The minimum absolute atomic E-state index is 0.149. The van der Waals surface area contributed by atoms with Crippen LogP contribution in [0.15, 0.2) is 24.3 Å². The minimum Gasteiger partial charge on any atom is -0.446 e. The zero-order chi connectivity index (χ0) is 50.7. The Balaban J connectivity index is 1.70. The summed E-state index contributed by atoms with van der Waals surface area (Å²) in [5.41, 5.74) is 0.696. The number of rotatable bonds is 47. The number of nitrogens with zero attached hydrogens (tertiary/aromatic N) is 1. The lowest BCUT2D eigenvalue weighted by Gasteiger charge is -2.40. The third kappa shape index (κ3) is 32.0. The smallest absolute Gasteiger partial charge is 0.411 e. The second kappa shape index (κ2) is 44.2. The van der Waals surface area contributed by atoms with Crippen molar-refractivity contribution in [2.75, 3.05) is 25.1 Å². The standard InChI is InChI=1S/C58H105N3O9/c1-3-5-7-9-11-13-15-17-18-19-20-21-22-23-24-25-26-27-28-30-32-34-36-38-43-60-50(53(63)51(62)42-37-35-33-31-29-16-14-12-10-8-6-4-2)46-68-57-56(66)55(65)54(64)52(70-57)47-69-58(67)61-49-41-39-40-48(44-49)45-59/h39-41,44,50-57,60,62-66H,3-38,42-43,46-47H2,1-2H3,(H,61,67)/t50-,51+,52+,53-,54-,55-,56+,57+/m0/s1. The van der Waals surface area contributed by atoms with Crippen LogP contribution in [0.3, 0.4) is 0 Å². The molecule has 1 aromatic rings. The van der Waals surface area contributed by atoms with Gasteiger partial charge in [0.05, 0.1) is 36.5 Å². The van der Waals surface area contributed by atoms with E-state index in [2.05, 4.69) is 24.5 Å². The highest BCUT2D eigenvalue weighted by atomic mass is 16.7. The molecule has 1 aliphatic heterocycles. The van der Waals surface area contributed by atoms with E-state index in [0.29, 0.717) is 24.2 Å². The number of amides is 1. The summed E-state index contributed by atoms with van der Waals surface area (Å²) in [5.74, 6) is 0. The van der Waals surface area contributed by atoms with Crippen molar-refractivity contribution in [1.82, 2.24) is 5.32 Å². The van der Waals surface area contributed by atoms with E-state index in [1.165, 1.54) is 199 Å². The first-order valence-corrected chi connectivity index (χ1v) is 29.1. The molecule has 1 fully saturated rings. The highest BCUT2D eigenvalue weighted by Gasteiger charge is 2.45. The number of aliphatic hydroxyl groups is 5. The van der Waals surface area contributed by atoms with Gasteiger partial charge >= 0.3 is 6.09 Å². The highest BCUT2D eigenvalue weighted by Crippen LogP contribution is 2.24. The Morgan fingerprint density at radius 3 is 1.49 bits per heavy atom. The van der Waals surface area contributed by atoms with Gasteiger partial charge in [0.1, 0.15) is 31.0 Å². The second-order valence-corrected chi connectivity index (χ2v) is 20.7. The Morgan fingerprint density at radius 1 is 0.614 bits per heavy atom. The van der Waals surface area contributed by atoms with Gasteiger partial charge in [0.2, 0.25) is 0 Å². The zero-order valence-corrected chi connectivity index (χ0v) is 44.5. The van der Waals surface area contributed by atoms with Gasteiger partial charge in [-0.1, -0.05) is 245 Å². The maximum Gasteiger partial charge on any atom is 0.411 e. The Hall–Kier alpha value is -2.34. The normalized spacial score (nSPS) is 19.4. The minimum atomic E-state index is -1.66. The molecule has 0 aromatic heterocycles. The molecule has 1 saturated heterocycles. The monoisotopic (exact) mass is 988 g/mol. The van der Waals surface area contributed by atoms with Crippen molar-refractivity contribution >= 4 is 11.8 Å². The lowest BCUT2D eigenvalue weighted by Crippen LogP contribution is -2.60. The predicted molar refractivity (Wildman–Crippen MR) is 285 cm³/mol. The average Bonchev–Trinajstić information content (AvgIpc) is 3.36. The number of aliphatic hydroxyl groups excluding tert-OH is 5. The maximum atomic E-state index is 12.5. The molecule has 0 saturated carbocycles. The van der Waals surface area contributed by atoms with Crippen LogP contribution in [0.4, 0.5) is 10.5 Å². The van der Waals surface area contributed by atoms with Crippen molar-refractivity contribution in [1.29, 1.82) is 5.26 Å². The van der Waals surface area contributed by atoms with Crippen LogP contribution in [0, 0.1) is 11.3 Å². The van der Waals surface area contributed by atoms with Crippen LogP contribution in [0.25, 0.3) is 0 Å². The van der Waals surface area contributed by atoms with Gasteiger partial charge in [-0.15, -0.1) is 0 Å². The maximum absolute atomic E-state index is 12.5. The number of hydrogen-bond acceptors (Lipinski definition) is 11. The molecule has 7 N–H and O–H groups in total. The van der Waals surface area contributed by atoms with Crippen LogP contribution < -0.4 is 10.6 Å². The van der Waals surface area contributed by atoms with Crippen molar-refractivity contribution < 1.29 is 44.5 Å². The van der Waals surface area contributed by atoms with E-state index in [1.54, 1.807) is 18.2 Å². The number of benzene rings is 1. The number of carbonyl (C=O) groups is 1. The average molecular weight is 988 g/mol. The number of ether oxygens (including phenoxy) is 3. The van der Waals surface area contributed by atoms with Gasteiger partial charge in [-0.25, -0.2) is 4.79 Å². The topological polar surface area (TPSA) is 194 Å². The lowest BCUT2D eigenvalue weighted by molar-refractivity contribution is -0.302. The zero-order valence-electron chi connectivity index (χ0n) is 44.5. The Morgan fingerprint density at radius 2 is 1.04 bits per heavy atom. The molecule has 0 unspecified atom stereocenters. The molecule has 0 bridgehead atoms. The van der Waals surface area contributed by atoms with E-state index in [1.807, 2.05) is 6.07 Å². The van der Waals surface area contributed by atoms with Crippen molar-refractivity contribution in [2.24, 2.45) is 0 Å². The van der Waals surface area contributed by atoms with Crippen LogP contribution in [-0.2, 0) is 14.2 Å². The van der Waals surface area contributed by atoms with Crippen LogP contribution in [-0.4, -0.2) is 100 Å². The van der Waals surface area contributed by atoms with Crippen LogP contribution in [0.2, 0.25) is 0 Å². The van der Waals surface area contributed by atoms with Crippen molar-refractivity contribution in [3.63, 3.8) is 0 Å². The molecule has 1 heterocycles. The summed E-state index contributed by atoms with van der Waals surface area (Å²) in [4.78, 5) is 12.5. The van der Waals surface area contributed by atoms with Crippen LogP contribution in [0.1, 0.15) is 257 Å². The van der Waals surface area contributed by atoms with Crippen LogP contribution >= 0.6 is 0 Å². The summed E-state index contributed by atoms with van der Waals surface area (Å²) in [6.45, 7) is 4.52. The van der Waals surface area contributed by atoms with E-state index >= 15 is 0 Å². The van der Waals surface area contributed by atoms with Gasteiger partial charge in [0, 0.05) is 5.69 Å². The molecule has 8 atom stereocenters. The third-order valence-electron chi connectivity index (χ3n) is 14.3. The number of nitriles is 1. The fraction of sp³-hybridized carbons (Fsp3) is 0.862. The molecular formula is C58H105N3O9. The fourth-order valence-corrected chi connectivity index (χ4v) is 9.66. The molecule has 70 heavy (non-hydrogen) atoms. The molecule has 12 nitrogen and oxygen atoms in total. The molecule has 2 rings (SSSR count). The second-order valence-electron chi connectivity index (χ2n) is 20.7. The van der Waals surface area contributed by atoms with Crippen LogP contribution in [0.5, 0.6) is 0 Å². The molecule has 1 amide bonds. The number of hydrogen-bond donors (Lipinski definition) is 7. The van der Waals surface area contributed by atoms with Gasteiger partial charge < -0.3 is 45.1 Å². The van der Waals surface area contributed by atoms with E-state index in [9.17, 15) is 30.3 Å². The highest BCUT2D eigenvalue weighted by molar-refractivity contribution is 5.84. The first kappa shape index (κ1) is 63.8. The summed E-state index contributed by atoms with van der Waals surface area (Å²) in [5, 5.41) is 69.8. The SMILES string of the molecule is CCCCCCCCCCCCCCCCCCCCCCCCCCN[C@@H](CO[C@@H]1O[C@H](COC(=O)Nc2cccc(C#N)c2)[C@H](O)[C@H](O)[C@H]1O)[C@H](O)[C@H](O)CCCCCCCCCCCCCC. The Labute approximate surface area is 426 Å². The summed E-state index contributed by atoms with van der Waals surface area (Å²) < 4.78 is 17.0. The van der Waals surface area contributed by atoms with Gasteiger partial charge in [-0.05, 0) is 37.6 Å². The number of unbranched alkanes of at least 4 members (excludes halogenated alkanes) is 34. The predicted octanol–water partition coefficient (Wildman–Crippen LogP) is 13.1. The lowest BCUT2D eigenvalue weighted by atomic mass is 9.98. The van der Waals surface area contributed by atoms with E-state index in [4.69, 9.17) is 19.5 Å². The van der Waals surface area contributed by atoms with Gasteiger partial charge in [-0.2, -0.15) is 5.26 Å². The molecular weight excluding hydrogens is 883 g/mol. The van der Waals surface area contributed by atoms with E-state index < -0.39 is 61.7 Å². The summed E-state index contributed by atoms with van der Waals surface area (Å²) in [7, 11) is 0. The van der Waals surface area contributed by atoms with Crippen molar-refractivity contribution in [3.05, 3.63) is 29.8 Å². The quantitative estimate of drug-likeness (QED) is 0.0307. The first-order chi connectivity index (χ1) is 34.2. The largest absolute Gasteiger partial charge is 0.446 e. The summed E-state index contributed by atoms with van der Waals surface area (Å²) >= 11 is 0. The number of anilines is 1. The number of carbonyl (C=O) groups excluding carboxylic acids is 1. The number of nitrogens with one attached hydrogen (secondary N) is 2. The summed E-state index contributed by atoms with van der Waals surface area (Å²) in [6, 6.07) is 7.59. The molecule has 0 radical (unpaired) electrons. The molecule has 1 aromatic carbocycles. The molecule has 1 aliphatic rings. The van der Waals surface area contributed by atoms with Gasteiger partial charge in [0.15, 0.2) is 6.29 Å². The molecule has 0 spiro atoms. The van der Waals surface area contributed by atoms with Gasteiger partial charge in [-0.3, -0.25) is 5.32 Å². The Kier molecular flexibility index (Phi) is 40.2. The third-order valence-corrected chi connectivity index (χ3v) is 14.3. The molecule has 0 aliphatic carbocycles. The molecule has 12 heteroatoms. The fourth-order valence-electron chi connectivity index (χ4n) is 9.66. The summed E-state index contributed by atoms with van der Waals surface area (Å²) in [6.07, 6.45) is 36.5. The first-order valence-electron chi connectivity index (χ1n) is 29.1. The van der Waals surface area contributed by atoms with Crippen molar-refractivity contribution in [3.8, 4) is 6.07 Å². The van der Waals surface area contributed by atoms with Gasteiger partial charge in [0.25, 0.3) is 0 Å². The Bertz CT molecular complexity index is 1400. The van der Waals surface area contributed by atoms with Crippen molar-refractivity contribution in [2.45, 2.75) is 300 Å².